The lowest BCUT2D eigenvalue weighted by Crippen LogP contribution is -2.23. The molecule has 0 saturated carbocycles. The molecule has 3 aromatic rings. The monoisotopic (exact) mass is 397 g/mol. The largest absolute Gasteiger partial charge is 0.391 e. The van der Waals surface area contributed by atoms with Crippen LogP contribution in [0.15, 0.2) is 18.3 Å². The maximum Gasteiger partial charge on any atom is 0.228 e. The summed E-state index contributed by atoms with van der Waals surface area (Å²) in [7, 11) is 1.70. The van der Waals surface area contributed by atoms with Gasteiger partial charge in [0.25, 0.3) is 0 Å². The summed E-state index contributed by atoms with van der Waals surface area (Å²) in [5.74, 6) is 1.99. The van der Waals surface area contributed by atoms with Crippen LogP contribution in [0.5, 0.6) is 0 Å². The highest BCUT2D eigenvalue weighted by molar-refractivity contribution is 5.90. The van der Waals surface area contributed by atoms with E-state index in [0.29, 0.717) is 31.5 Å². The van der Waals surface area contributed by atoms with E-state index >= 15 is 0 Å². The zero-order valence-electron chi connectivity index (χ0n) is 17.1. The fourth-order valence-electron chi connectivity index (χ4n) is 3.62. The molecule has 0 radical (unpaired) electrons. The molecule has 1 saturated heterocycles. The normalized spacial score (nSPS) is 16.7. The number of ether oxygens (including phenoxy) is 1. The predicted molar refractivity (Wildman–Crippen MR) is 112 cm³/mol. The molecule has 0 aromatic carbocycles. The predicted octanol–water partition coefficient (Wildman–Crippen LogP) is 2.19. The number of aryl methyl sites for hydroxylation is 3. The Kier molecular flexibility index (Phi) is 5.59. The van der Waals surface area contributed by atoms with Crippen LogP contribution in [-0.2, 0) is 11.3 Å². The van der Waals surface area contributed by atoms with Gasteiger partial charge in [0.1, 0.15) is 16.9 Å². The Balaban J connectivity index is 1.79. The molecule has 1 fully saturated rings. The van der Waals surface area contributed by atoms with Crippen molar-refractivity contribution in [3.05, 3.63) is 29.6 Å². The number of nitrogens with zero attached hydrogens (tertiary/aromatic N) is 6. The number of rotatable bonds is 7. The molecule has 4 rings (SSSR count). The van der Waals surface area contributed by atoms with Crippen molar-refractivity contribution in [2.24, 2.45) is 0 Å². The van der Waals surface area contributed by atoms with Crippen LogP contribution in [0.2, 0.25) is 0 Å². The maximum absolute atomic E-state index is 9.94. The van der Waals surface area contributed by atoms with Crippen LogP contribution in [0.25, 0.3) is 11.0 Å². The average Bonchev–Trinajstić information content (AvgIpc) is 3.26. The van der Waals surface area contributed by atoms with E-state index in [1.165, 1.54) is 0 Å². The van der Waals surface area contributed by atoms with Gasteiger partial charge in [-0.3, -0.25) is 4.68 Å². The van der Waals surface area contributed by atoms with Gasteiger partial charge in [0.15, 0.2) is 5.82 Å². The van der Waals surface area contributed by atoms with Crippen molar-refractivity contribution in [1.82, 2.24) is 24.7 Å². The van der Waals surface area contributed by atoms with Gasteiger partial charge < -0.3 is 20.1 Å². The van der Waals surface area contributed by atoms with Gasteiger partial charge in [-0.05, 0) is 44.4 Å². The van der Waals surface area contributed by atoms with Gasteiger partial charge in [-0.2, -0.15) is 10.1 Å². The van der Waals surface area contributed by atoms with Gasteiger partial charge >= 0.3 is 0 Å². The van der Waals surface area contributed by atoms with E-state index in [1.54, 1.807) is 13.3 Å². The molecule has 1 aliphatic heterocycles. The summed E-state index contributed by atoms with van der Waals surface area (Å²) in [6.07, 6.45) is 2.99. The van der Waals surface area contributed by atoms with E-state index in [4.69, 9.17) is 19.8 Å². The maximum atomic E-state index is 9.94. The van der Waals surface area contributed by atoms with Crippen molar-refractivity contribution in [2.45, 2.75) is 39.3 Å². The summed E-state index contributed by atoms with van der Waals surface area (Å²) in [6.45, 7) is 6.62. The topological polar surface area (TPSA) is 101 Å². The minimum atomic E-state index is -0.345. The first-order valence-corrected chi connectivity index (χ1v) is 9.92. The third-order valence-corrected chi connectivity index (χ3v) is 5.07. The molecule has 0 spiro atoms. The number of hydrogen-bond acceptors (Lipinski definition) is 8. The van der Waals surface area contributed by atoms with Crippen molar-refractivity contribution < 1.29 is 9.84 Å². The fourth-order valence-corrected chi connectivity index (χ4v) is 3.62. The van der Waals surface area contributed by atoms with Crippen molar-refractivity contribution in [1.29, 1.82) is 0 Å². The van der Waals surface area contributed by atoms with Crippen LogP contribution in [0.4, 0.5) is 17.6 Å². The number of pyridine rings is 1. The number of anilines is 3. The highest BCUT2D eigenvalue weighted by Gasteiger charge is 2.25. The lowest BCUT2D eigenvalue weighted by Gasteiger charge is -2.17. The van der Waals surface area contributed by atoms with Gasteiger partial charge in [0.2, 0.25) is 5.95 Å². The Labute approximate surface area is 169 Å². The van der Waals surface area contributed by atoms with E-state index in [0.717, 1.165) is 47.5 Å². The molecule has 29 heavy (non-hydrogen) atoms. The average molecular weight is 397 g/mol. The summed E-state index contributed by atoms with van der Waals surface area (Å²) < 4.78 is 7.12. The zero-order chi connectivity index (χ0) is 20.4. The van der Waals surface area contributed by atoms with E-state index in [2.05, 4.69) is 10.3 Å². The number of aliphatic hydroxyl groups excluding tert-OH is 1. The first kappa shape index (κ1) is 19.5. The Morgan fingerprint density at radius 3 is 2.90 bits per heavy atom. The molecule has 2 N–H and O–H groups in total. The standard InChI is InChI=1S/C20H27N7O2/c1-13-5-7-21-16(11-13)22-19-18-17(14(2)25-27(18)8-4-10-29-3)23-20(24-19)26-9-6-15(28)12-26/h5,7,11,15,28H,4,6,8-10,12H2,1-3H3,(H,21,22,23,24)/t15-/m1/s1. The van der Waals surface area contributed by atoms with E-state index < -0.39 is 0 Å². The molecule has 9 nitrogen and oxygen atoms in total. The molecule has 1 aliphatic rings. The first-order chi connectivity index (χ1) is 14.0. The van der Waals surface area contributed by atoms with Crippen molar-refractivity contribution in [3.63, 3.8) is 0 Å². The summed E-state index contributed by atoms with van der Waals surface area (Å²) in [5.41, 5.74) is 3.62. The van der Waals surface area contributed by atoms with Crippen LogP contribution in [0.1, 0.15) is 24.1 Å². The molecule has 0 bridgehead atoms. The Hall–Kier alpha value is -2.78. The number of aromatic nitrogens is 5. The van der Waals surface area contributed by atoms with Gasteiger partial charge in [-0.25, -0.2) is 9.97 Å². The fraction of sp³-hybridized carbons (Fsp3) is 0.500. The second-order valence-corrected chi connectivity index (χ2v) is 7.46. The van der Waals surface area contributed by atoms with Gasteiger partial charge in [0.05, 0.1) is 11.8 Å². The number of hydrogen-bond donors (Lipinski definition) is 2. The molecule has 0 unspecified atom stereocenters. The smallest absolute Gasteiger partial charge is 0.228 e. The zero-order valence-corrected chi connectivity index (χ0v) is 17.1. The van der Waals surface area contributed by atoms with Crippen molar-refractivity contribution in [2.75, 3.05) is 37.0 Å². The van der Waals surface area contributed by atoms with Crippen LogP contribution in [0.3, 0.4) is 0 Å². The molecule has 0 amide bonds. The Morgan fingerprint density at radius 1 is 1.31 bits per heavy atom. The third-order valence-electron chi connectivity index (χ3n) is 5.07. The second-order valence-electron chi connectivity index (χ2n) is 7.46. The molecular weight excluding hydrogens is 370 g/mol. The quantitative estimate of drug-likeness (QED) is 0.585. The lowest BCUT2D eigenvalue weighted by atomic mass is 10.3. The highest BCUT2D eigenvalue weighted by atomic mass is 16.5. The van der Waals surface area contributed by atoms with Crippen LogP contribution < -0.4 is 10.2 Å². The summed E-state index contributed by atoms with van der Waals surface area (Å²) in [5, 5.41) is 18.0. The van der Waals surface area contributed by atoms with Crippen LogP contribution in [-0.4, -0.2) is 62.7 Å². The number of β-amino-alcohol motifs (C(OH)–C–C–N with tert-alkyl or cyclic N) is 1. The number of nitrogens with one attached hydrogen (secondary N) is 1. The molecule has 4 heterocycles. The molecule has 154 valence electrons. The summed E-state index contributed by atoms with van der Waals surface area (Å²) >= 11 is 0. The number of fused-ring (bicyclic) bond motifs is 1. The Bertz CT molecular complexity index is 1000. The number of aliphatic hydroxyl groups is 1. The molecule has 9 heteroatoms. The van der Waals surface area contributed by atoms with Gasteiger partial charge in [-0.15, -0.1) is 0 Å². The van der Waals surface area contributed by atoms with E-state index in [1.807, 2.05) is 35.6 Å². The highest BCUT2D eigenvalue weighted by Crippen LogP contribution is 2.29. The first-order valence-electron chi connectivity index (χ1n) is 9.92. The van der Waals surface area contributed by atoms with Gasteiger partial charge in [-0.1, -0.05) is 0 Å². The molecule has 0 aliphatic carbocycles. The molecule has 3 aromatic heterocycles. The lowest BCUT2D eigenvalue weighted by molar-refractivity contribution is 0.189. The van der Waals surface area contributed by atoms with E-state index in [9.17, 15) is 5.11 Å². The Morgan fingerprint density at radius 2 is 2.17 bits per heavy atom. The number of methoxy groups -OCH3 is 1. The second kappa shape index (κ2) is 8.30. The molecule has 1 atom stereocenters. The minimum absolute atomic E-state index is 0.345. The minimum Gasteiger partial charge on any atom is -0.391 e. The van der Waals surface area contributed by atoms with Crippen molar-refractivity contribution in [3.8, 4) is 0 Å². The van der Waals surface area contributed by atoms with E-state index in [-0.39, 0.29) is 6.10 Å². The summed E-state index contributed by atoms with van der Waals surface area (Å²) in [6, 6.07) is 3.93. The van der Waals surface area contributed by atoms with Crippen LogP contribution in [0, 0.1) is 13.8 Å². The summed E-state index contributed by atoms with van der Waals surface area (Å²) in [4.78, 5) is 16.0. The third kappa shape index (κ3) is 4.15. The van der Waals surface area contributed by atoms with Gasteiger partial charge in [0, 0.05) is 39.5 Å². The SMILES string of the molecule is COCCCn1nc(C)c2nc(N3CC[C@@H](O)C3)nc(Nc3cc(C)ccn3)c21. The molecular formula is C20H27N7O2. The van der Waals surface area contributed by atoms with Crippen LogP contribution >= 0.6 is 0 Å². The van der Waals surface area contributed by atoms with Crippen molar-refractivity contribution >= 4 is 28.6 Å².